The van der Waals surface area contributed by atoms with Gasteiger partial charge < -0.3 is 10.2 Å². The topological polar surface area (TPSA) is 47.6 Å². The van der Waals surface area contributed by atoms with Gasteiger partial charge in [-0.25, -0.2) is 5.01 Å². The molecular weight excluding hydrogens is 216 g/mol. The molecule has 2 aliphatic rings. The van der Waals surface area contributed by atoms with Crippen molar-refractivity contribution < 1.29 is 4.79 Å². The quantitative estimate of drug-likeness (QED) is 0.693. The number of amides is 1. The van der Waals surface area contributed by atoms with Crippen molar-refractivity contribution in [3.05, 3.63) is 0 Å². The SMILES string of the molecule is CC1CC(C(=O)NN2CCN(C)CC2)CCN1. The predicted octanol–water partition coefficient (Wildman–Crippen LogP) is -0.347. The number of hydrogen-bond acceptors (Lipinski definition) is 4. The van der Waals surface area contributed by atoms with E-state index in [-0.39, 0.29) is 11.8 Å². The first kappa shape index (κ1) is 12.8. The van der Waals surface area contributed by atoms with Crippen molar-refractivity contribution in [1.29, 1.82) is 0 Å². The number of carbonyl (C=O) groups is 1. The Kier molecular flexibility index (Phi) is 4.36. The van der Waals surface area contributed by atoms with E-state index in [1.165, 1.54) is 0 Å². The molecular formula is C12H24N4O. The molecule has 0 aliphatic carbocycles. The highest BCUT2D eigenvalue weighted by atomic mass is 16.2. The Hall–Kier alpha value is -0.650. The molecule has 2 heterocycles. The molecule has 0 aromatic heterocycles. The molecule has 2 aliphatic heterocycles. The predicted molar refractivity (Wildman–Crippen MR) is 67.4 cm³/mol. The smallest absolute Gasteiger partial charge is 0.237 e. The molecule has 98 valence electrons. The number of piperidine rings is 1. The summed E-state index contributed by atoms with van der Waals surface area (Å²) in [6, 6.07) is 0.465. The van der Waals surface area contributed by atoms with E-state index in [0.29, 0.717) is 6.04 Å². The molecule has 0 aromatic carbocycles. The molecule has 0 radical (unpaired) electrons. The van der Waals surface area contributed by atoms with E-state index >= 15 is 0 Å². The first-order chi connectivity index (χ1) is 8.15. The number of nitrogens with one attached hydrogen (secondary N) is 2. The maximum absolute atomic E-state index is 12.1. The molecule has 2 N–H and O–H groups in total. The molecule has 0 saturated carbocycles. The summed E-state index contributed by atoms with van der Waals surface area (Å²) in [5.74, 6) is 0.397. The zero-order chi connectivity index (χ0) is 12.3. The summed E-state index contributed by atoms with van der Waals surface area (Å²) in [7, 11) is 2.12. The molecule has 2 saturated heterocycles. The number of likely N-dealkylation sites (N-methyl/N-ethyl adjacent to an activating group) is 1. The number of carbonyl (C=O) groups excluding carboxylic acids is 1. The fourth-order valence-corrected chi connectivity index (χ4v) is 2.54. The zero-order valence-electron chi connectivity index (χ0n) is 10.9. The van der Waals surface area contributed by atoms with Gasteiger partial charge in [-0.3, -0.25) is 10.2 Å². The number of hydrazine groups is 1. The van der Waals surface area contributed by atoms with Gasteiger partial charge in [0, 0.05) is 38.1 Å². The Balaban J connectivity index is 1.76. The maximum Gasteiger partial charge on any atom is 0.237 e. The highest BCUT2D eigenvalue weighted by Gasteiger charge is 2.26. The third-order valence-corrected chi connectivity index (χ3v) is 3.77. The van der Waals surface area contributed by atoms with Crippen molar-refractivity contribution in [2.24, 2.45) is 5.92 Å². The molecule has 5 nitrogen and oxygen atoms in total. The Morgan fingerprint density at radius 2 is 2.00 bits per heavy atom. The van der Waals surface area contributed by atoms with Gasteiger partial charge in [0.2, 0.25) is 5.91 Å². The van der Waals surface area contributed by atoms with Crippen molar-refractivity contribution in [3.8, 4) is 0 Å². The van der Waals surface area contributed by atoms with Gasteiger partial charge in [0.25, 0.3) is 0 Å². The zero-order valence-corrected chi connectivity index (χ0v) is 10.9. The molecule has 2 fully saturated rings. The van der Waals surface area contributed by atoms with Gasteiger partial charge in [-0.05, 0) is 33.4 Å². The standard InChI is InChI=1S/C12H24N4O/c1-10-9-11(3-4-13-10)12(17)14-16-7-5-15(2)6-8-16/h10-11,13H,3-9H2,1-2H3,(H,14,17). The Bertz CT molecular complexity index is 263. The first-order valence-electron chi connectivity index (χ1n) is 6.62. The van der Waals surface area contributed by atoms with Crippen LogP contribution < -0.4 is 10.7 Å². The summed E-state index contributed by atoms with van der Waals surface area (Å²) >= 11 is 0. The van der Waals surface area contributed by atoms with Crippen molar-refractivity contribution >= 4 is 5.91 Å². The van der Waals surface area contributed by atoms with Gasteiger partial charge in [0.05, 0.1) is 0 Å². The lowest BCUT2D eigenvalue weighted by Gasteiger charge is -2.34. The summed E-state index contributed by atoms with van der Waals surface area (Å²) in [6.07, 6.45) is 1.92. The van der Waals surface area contributed by atoms with Crippen LogP contribution in [0, 0.1) is 5.92 Å². The Morgan fingerprint density at radius 3 is 2.65 bits per heavy atom. The third kappa shape index (κ3) is 3.66. The summed E-state index contributed by atoms with van der Waals surface area (Å²) in [6.45, 7) is 7.04. The summed E-state index contributed by atoms with van der Waals surface area (Å²) < 4.78 is 0. The van der Waals surface area contributed by atoms with Crippen molar-refractivity contribution in [1.82, 2.24) is 20.7 Å². The average molecular weight is 240 g/mol. The lowest BCUT2D eigenvalue weighted by atomic mass is 9.93. The fourth-order valence-electron chi connectivity index (χ4n) is 2.54. The molecule has 5 heteroatoms. The van der Waals surface area contributed by atoms with Gasteiger partial charge in [-0.2, -0.15) is 0 Å². The van der Waals surface area contributed by atoms with Gasteiger partial charge in [-0.1, -0.05) is 0 Å². The molecule has 2 atom stereocenters. The van der Waals surface area contributed by atoms with Crippen molar-refractivity contribution in [2.75, 3.05) is 39.8 Å². The minimum Gasteiger partial charge on any atom is -0.314 e. The fraction of sp³-hybridized carbons (Fsp3) is 0.917. The van der Waals surface area contributed by atoms with Gasteiger partial charge in [0.15, 0.2) is 0 Å². The number of rotatable bonds is 2. The average Bonchev–Trinajstić information content (AvgIpc) is 2.32. The molecule has 0 bridgehead atoms. The third-order valence-electron chi connectivity index (χ3n) is 3.77. The summed E-state index contributed by atoms with van der Waals surface area (Å²) in [5.41, 5.74) is 3.07. The molecule has 0 aromatic rings. The van der Waals surface area contributed by atoms with Crippen LogP contribution in [0.4, 0.5) is 0 Å². The maximum atomic E-state index is 12.1. The van der Waals surface area contributed by atoms with Gasteiger partial charge in [-0.15, -0.1) is 0 Å². The Labute approximate surface area is 103 Å². The van der Waals surface area contributed by atoms with Crippen LogP contribution in [0.5, 0.6) is 0 Å². The minimum absolute atomic E-state index is 0.186. The Morgan fingerprint density at radius 1 is 1.29 bits per heavy atom. The lowest BCUT2D eigenvalue weighted by Crippen LogP contribution is -2.54. The normalized spacial score (nSPS) is 32.4. The monoisotopic (exact) mass is 240 g/mol. The molecule has 17 heavy (non-hydrogen) atoms. The number of nitrogens with zero attached hydrogens (tertiary/aromatic N) is 2. The summed E-state index contributed by atoms with van der Waals surface area (Å²) in [5, 5.41) is 5.44. The van der Waals surface area contributed by atoms with Crippen LogP contribution in [-0.4, -0.2) is 61.6 Å². The highest BCUT2D eigenvalue weighted by Crippen LogP contribution is 2.16. The van der Waals surface area contributed by atoms with E-state index < -0.39 is 0 Å². The van der Waals surface area contributed by atoms with E-state index in [1.54, 1.807) is 0 Å². The molecule has 1 amide bonds. The summed E-state index contributed by atoms with van der Waals surface area (Å²) in [4.78, 5) is 14.4. The largest absolute Gasteiger partial charge is 0.314 e. The lowest BCUT2D eigenvalue weighted by molar-refractivity contribution is -0.131. The molecule has 2 rings (SSSR count). The van der Waals surface area contributed by atoms with Crippen LogP contribution in [-0.2, 0) is 4.79 Å². The van der Waals surface area contributed by atoms with Crippen molar-refractivity contribution in [2.45, 2.75) is 25.8 Å². The minimum atomic E-state index is 0.186. The second-order valence-electron chi connectivity index (χ2n) is 5.34. The van der Waals surface area contributed by atoms with Crippen molar-refractivity contribution in [3.63, 3.8) is 0 Å². The van der Waals surface area contributed by atoms with Crippen LogP contribution in [0.3, 0.4) is 0 Å². The first-order valence-corrected chi connectivity index (χ1v) is 6.62. The molecule has 0 spiro atoms. The van der Waals surface area contributed by atoms with E-state index in [0.717, 1.165) is 45.6 Å². The van der Waals surface area contributed by atoms with Crippen LogP contribution in [0.2, 0.25) is 0 Å². The van der Waals surface area contributed by atoms with Crippen LogP contribution in [0.25, 0.3) is 0 Å². The van der Waals surface area contributed by atoms with Gasteiger partial charge >= 0.3 is 0 Å². The van der Waals surface area contributed by atoms with E-state index in [2.05, 4.69) is 34.6 Å². The second kappa shape index (κ2) is 5.80. The van der Waals surface area contributed by atoms with Crippen LogP contribution >= 0.6 is 0 Å². The number of piperazine rings is 1. The number of hydrogen-bond donors (Lipinski definition) is 2. The van der Waals surface area contributed by atoms with E-state index in [1.807, 2.05) is 0 Å². The second-order valence-corrected chi connectivity index (χ2v) is 5.34. The van der Waals surface area contributed by atoms with E-state index in [4.69, 9.17) is 0 Å². The van der Waals surface area contributed by atoms with Crippen LogP contribution in [0.1, 0.15) is 19.8 Å². The highest BCUT2D eigenvalue weighted by molar-refractivity contribution is 5.78. The van der Waals surface area contributed by atoms with Crippen LogP contribution in [0.15, 0.2) is 0 Å². The van der Waals surface area contributed by atoms with E-state index in [9.17, 15) is 4.79 Å². The van der Waals surface area contributed by atoms with Gasteiger partial charge in [0.1, 0.15) is 0 Å². The molecule has 2 unspecified atom stereocenters.